The van der Waals surface area contributed by atoms with Crippen molar-refractivity contribution in [2.45, 2.75) is 77.7 Å². The molecule has 4 heteroatoms. The zero-order valence-electron chi connectivity index (χ0n) is 15.2. The summed E-state index contributed by atoms with van der Waals surface area (Å²) in [6.45, 7) is 6.98. The lowest BCUT2D eigenvalue weighted by Gasteiger charge is -2.60. The first-order valence-corrected chi connectivity index (χ1v) is 9.88. The molecule has 1 N–H and O–H groups in total. The van der Waals surface area contributed by atoms with Crippen molar-refractivity contribution in [1.82, 2.24) is 10.3 Å². The summed E-state index contributed by atoms with van der Waals surface area (Å²) in [5.74, 6) is 2.97. The first-order valence-electron chi connectivity index (χ1n) is 9.88. The third kappa shape index (κ3) is 1.73. The van der Waals surface area contributed by atoms with Crippen molar-refractivity contribution in [2.75, 3.05) is 0 Å². The Balaban J connectivity index is 1.50. The molecule has 1 heterocycles. The van der Waals surface area contributed by atoms with Crippen LogP contribution < -0.4 is 0 Å². The van der Waals surface area contributed by atoms with Gasteiger partial charge >= 0.3 is 0 Å². The van der Waals surface area contributed by atoms with Gasteiger partial charge in [-0.05, 0) is 86.4 Å². The number of aromatic nitrogens is 2. The maximum atomic E-state index is 11.0. The van der Waals surface area contributed by atoms with Gasteiger partial charge in [-0.1, -0.05) is 24.2 Å². The number of hydrogen-bond donors (Lipinski definition) is 1. The highest BCUT2D eigenvalue weighted by atomic mass is 16.6. The molecule has 0 bridgehead atoms. The van der Waals surface area contributed by atoms with E-state index in [-0.39, 0.29) is 5.41 Å². The van der Waals surface area contributed by atoms with E-state index in [2.05, 4.69) is 31.1 Å². The maximum Gasteiger partial charge on any atom is 0.108 e. The molecule has 0 saturated heterocycles. The molecule has 3 saturated carbocycles. The van der Waals surface area contributed by atoms with Gasteiger partial charge in [0.1, 0.15) is 11.4 Å². The minimum Gasteiger partial charge on any atom is -0.390 e. The molecule has 0 aliphatic heterocycles. The lowest BCUT2D eigenvalue weighted by molar-refractivity contribution is -0.139. The Morgan fingerprint density at radius 3 is 2.54 bits per heavy atom. The topological polar surface area (TPSA) is 59.2 Å². The summed E-state index contributed by atoms with van der Waals surface area (Å²) in [5.41, 5.74) is 2.20. The quantitative estimate of drug-likeness (QED) is 0.786. The Bertz CT molecular complexity index is 668. The van der Waals surface area contributed by atoms with E-state index in [9.17, 15) is 5.11 Å². The molecular weight excluding hydrogens is 300 g/mol. The Kier molecular flexibility index (Phi) is 2.96. The average molecular weight is 330 g/mol. The third-order valence-corrected chi connectivity index (χ3v) is 9.25. The van der Waals surface area contributed by atoms with Crippen LogP contribution in [0.4, 0.5) is 0 Å². The van der Waals surface area contributed by atoms with Crippen molar-refractivity contribution < 1.29 is 9.74 Å². The van der Waals surface area contributed by atoms with Crippen molar-refractivity contribution in [3.05, 3.63) is 11.4 Å². The molecule has 4 aliphatic rings. The van der Waals surface area contributed by atoms with Gasteiger partial charge in [0.15, 0.2) is 0 Å². The number of aliphatic hydroxyl groups is 1. The molecule has 24 heavy (non-hydrogen) atoms. The molecule has 7 atom stereocenters. The zero-order chi connectivity index (χ0) is 16.7. The van der Waals surface area contributed by atoms with Crippen molar-refractivity contribution >= 4 is 0 Å². The van der Waals surface area contributed by atoms with Crippen LogP contribution in [-0.4, -0.2) is 21.0 Å². The molecule has 0 radical (unpaired) electrons. The second-order valence-corrected chi connectivity index (χ2v) is 9.96. The molecule has 1 aromatic heterocycles. The highest BCUT2D eigenvalue weighted by Crippen LogP contribution is 2.67. The van der Waals surface area contributed by atoms with Gasteiger partial charge in [-0.2, -0.15) is 0 Å². The normalized spacial score (nSPS) is 53.0. The van der Waals surface area contributed by atoms with Gasteiger partial charge in [0, 0.05) is 6.42 Å². The van der Waals surface area contributed by atoms with Gasteiger partial charge in [0.05, 0.1) is 5.60 Å². The summed E-state index contributed by atoms with van der Waals surface area (Å²) in [6, 6.07) is 0. The van der Waals surface area contributed by atoms with Crippen LogP contribution in [0.3, 0.4) is 0 Å². The minimum absolute atomic E-state index is 0.118. The van der Waals surface area contributed by atoms with Crippen LogP contribution in [0.15, 0.2) is 4.63 Å². The molecular formula is C20H30N2O2. The van der Waals surface area contributed by atoms with E-state index in [0.717, 1.165) is 48.4 Å². The van der Waals surface area contributed by atoms with Crippen molar-refractivity contribution in [1.29, 1.82) is 0 Å². The van der Waals surface area contributed by atoms with Crippen LogP contribution in [0.2, 0.25) is 0 Å². The molecule has 132 valence electrons. The van der Waals surface area contributed by atoms with Gasteiger partial charge < -0.3 is 5.11 Å². The molecule has 5 rings (SSSR count). The van der Waals surface area contributed by atoms with Gasteiger partial charge in [-0.25, -0.2) is 4.63 Å². The first-order chi connectivity index (χ1) is 11.4. The fraction of sp³-hybridized carbons (Fsp3) is 0.900. The molecule has 4 nitrogen and oxygen atoms in total. The fourth-order valence-corrected chi connectivity index (χ4v) is 7.50. The molecule has 0 amide bonds. The Morgan fingerprint density at radius 1 is 0.958 bits per heavy atom. The third-order valence-electron chi connectivity index (χ3n) is 9.25. The highest BCUT2D eigenvalue weighted by molar-refractivity contribution is 5.21. The van der Waals surface area contributed by atoms with E-state index in [1.54, 1.807) is 0 Å². The summed E-state index contributed by atoms with van der Waals surface area (Å²) < 4.78 is 5.03. The van der Waals surface area contributed by atoms with Crippen LogP contribution in [0, 0.1) is 34.5 Å². The van der Waals surface area contributed by atoms with Crippen LogP contribution in [0.5, 0.6) is 0 Å². The Hall–Kier alpha value is -0.900. The highest BCUT2D eigenvalue weighted by Gasteiger charge is 2.63. The first kappa shape index (κ1) is 15.4. The minimum atomic E-state index is -0.476. The average Bonchev–Trinajstić information content (AvgIpc) is 3.06. The van der Waals surface area contributed by atoms with Crippen LogP contribution >= 0.6 is 0 Å². The van der Waals surface area contributed by atoms with E-state index in [1.165, 1.54) is 32.1 Å². The zero-order valence-corrected chi connectivity index (χ0v) is 15.2. The summed E-state index contributed by atoms with van der Waals surface area (Å²) >= 11 is 0. The van der Waals surface area contributed by atoms with E-state index in [1.807, 2.05) is 0 Å². The second-order valence-electron chi connectivity index (χ2n) is 9.96. The van der Waals surface area contributed by atoms with Crippen molar-refractivity contribution in [3.8, 4) is 0 Å². The van der Waals surface area contributed by atoms with Gasteiger partial charge in [-0.3, -0.25) is 0 Å². The van der Waals surface area contributed by atoms with Crippen LogP contribution in [0.25, 0.3) is 0 Å². The smallest absolute Gasteiger partial charge is 0.108 e. The molecule has 0 unspecified atom stereocenters. The molecule has 3 fully saturated rings. The lowest BCUT2D eigenvalue weighted by atomic mass is 9.45. The standard InChI is InChI=1S/C20H30N2O2/c1-18-11-17-16(21-24-22-17)10-12(18)4-5-13-14(18)6-8-19(2)15(13)7-9-20(19,3)23/h12-15,23H,4-11H2,1-3H3/t12-,13+,14-,15-,18-,19-,20-/m1/s1. The lowest BCUT2D eigenvalue weighted by Crippen LogP contribution is -2.56. The number of fused-ring (bicyclic) bond motifs is 6. The monoisotopic (exact) mass is 330 g/mol. The fourth-order valence-electron chi connectivity index (χ4n) is 7.50. The molecule has 4 aliphatic carbocycles. The van der Waals surface area contributed by atoms with Gasteiger partial charge in [0.2, 0.25) is 0 Å². The number of rotatable bonds is 0. The van der Waals surface area contributed by atoms with Crippen molar-refractivity contribution in [2.24, 2.45) is 34.5 Å². The van der Waals surface area contributed by atoms with Gasteiger partial charge in [-0.15, -0.1) is 0 Å². The SMILES string of the molecule is C[C@@]12Cc3nonc3C[C@H]1CC[C@H]1[C@H]2CC[C@]2(C)[C@@H]1CC[C@@]2(C)O. The summed E-state index contributed by atoms with van der Waals surface area (Å²) in [6.07, 6.45) is 9.37. The molecule has 1 aromatic rings. The maximum absolute atomic E-state index is 11.0. The summed E-state index contributed by atoms with van der Waals surface area (Å²) in [7, 11) is 0. The number of hydrogen-bond acceptors (Lipinski definition) is 4. The molecule has 0 spiro atoms. The Labute approximate surface area is 144 Å². The van der Waals surface area contributed by atoms with Gasteiger partial charge in [0.25, 0.3) is 0 Å². The summed E-state index contributed by atoms with van der Waals surface area (Å²) in [5, 5.41) is 19.4. The van der Waals surface area contributed by atoms with E-state index >= 15 is 0 Å². The summed E-state index contributed by atoms with van der Waals surface area (Å²) in [4.78, 5) is 0. The van der Waals surface area contributed by atoms with E-state index in [0.29, 0.717) is 11.3 Å². The van der Waals surface area contributed by atoms with Crippen LogP contribution in [0.1, 0.15) is 70.7 Å². The van der Waals surface area contributed by atoms with Crippen LogP contribution in [-0.2, 0) is 12.8 Å². The second kappa shape index (κ2) is 4.63. The number of nitrogens with zero attached hydrogens (tertiary/aromatic N) is 2. The predicted octanol–water partition coefficient (Wildman–Crippen LogP) is 3.78. The van der Waals surface area contributed by atoms with Crippen molar-refractivity contribution in [3.63, 3.8) is 0 Å². The molecule has 0 aromatic carbocycles. The largest absolute Gasteiger partial charge is 0.390 e. The Morgan fingerprint density at radius 2 is 1.71 bits per heavy atom. The van der Waals surface area contributed by atoms with E-state index < -0.39 is 5.60 Å². The van der Waals surface area contributed by atoms with E-state index in [4.69, 9.17) is 4.63 Å². The predicted molar refractivity (Wildman–Crippen MR) is 90.2 cm³/mol.